The van der Waals surface area contributed by atoms with E-state index < -0.39 is 6.10 Å². The molecular formula is C23H23BrClN3O3. The van der Waals surface area contributed by atoms with E-state index in [9.17, 15) is 5.11 Å². The standard InChI is InChI=1S/C23H23BrClN3O3/c24-16-1-3-20-19(10-16)22(27-14-26-20)30-13-18(29)12-28-7-5-23(6-8-28)11-15-9-17(25)2-4-21(15)31-23/h1-4,9-10,14,18,29H,5-8,11-13H2/t18-/m0/s1. The number of halogens is 2. The quantitative estimate of drug-likeness (QED) is 0.560. The molecule has 1 saturated heterocycles. The minimum atomic E-state index is -0.605. The highest BCUT2D eigenvalue weighted by atomic mass is 79.9. The predicted octanol–water partition coefficient (Wildman–Crippen LogP) is 4.26. The number of hydrogen-bond acceptors (Lipinski definition) is 6. The highest BCUT2D eigenvalue weighted by molar-refractivity contribution is 9.10. The molecule has 6 nitrogen and oxygen atoms in total. The SMILES string of the molecule is O[C@H](COc1ncnc2ccc(Br)cc12)CN1CCC2(CC1)Cc1cc(Cl)ccc1O2. The van der Waals surface area contributed by atoms with Crippen molar-refractivity contribution in [3.63, 3.8) is 0 Å². The molecule has 0 bridgehead atoms. The van der Waals surface area contributed by atoms with E-state index in [-0.39, 0.29) is 12.2 Å². The number of rotatable bonds is 5. The number of aliphatic hydroxyl groups is 1. The van der Waals surface area contributed by atoms with Crippen molar-refractivity contribution in [1.82, 2.24) is 14.9 Å². The van der Waals surface area contributed by atoms with E-state index in [1.54, 1.807) is 0 Å². The van der Waals surface area contributed by atoms with Gasteiger partial charge in [-0.1, -0.05) is 27.5 Å². The van der Waals surface area contributed by atoms with Crippen LogP contribution in [0.3, 0.4) is 0 Å². The Morgan fingerprint density at radius 1 is 1.19 bits per heavy atom. The normalized spacial score (nSPS) is 18.7. The molecule has 3 heterocycles. The van der Waals surface area contributed by atoms with Gasteiger partial charge in [0.15, 0.2) is 0 Å². The molecule has 2 aromatic carbocycles. The molecule has 0 amide bonds. The summed E-state index contributed by atoms with van der Waals surface area (Å²) in [6.07, 6.45) is 3.63. The second-order valence-corrected chi connectivity index (χ2v) is 9.67. The maximum absolute atomic E-state index is 10.6. The van der Waals surface area contributed by atoms with Crippen molar-refractivity contribution in [1.29, 1.82) is 0 Å². The number of piperidine rings is 1. The molecule has 2 aliphatic heterocycles. The molecular weight excluding hydrogens is 482 g/mol. The molecule has 1 atom stereocenters. The van der Waals surface area contributed by atoms with Crippen LogP contribution in [-0.2, 0) is 6.42 Å². The van der Waals surface area contributed by atoms with Crippen molar-refractivity contribution in [2.24, 2.45) is 0 Å². The van der Waals surface area contributed by atoms with Crippen LogP contribution >= 0.6 is 27.5 Å². The number of aromatic nitrogens is 2. The number of fused-ring (bicyclic) bond motifs is 2. The highest BCUT2D eigenvalue weighted by Gasteiger charge is 2.42. The summed E-state index contributed by atoms with van der Waals surface area (Å²) in [5.74, 6) is 1.44. The molecule has 1 aromatic heterocycles. The predicted molar refractivity (Wildman–Crippen MR) is 123 cm³/mol. The lowest BCUT2D eigenvalue weighted by Gasteiger charge is -2.39. The van der Waals surface area contributed by atoms with Gasteiger partial charge in [-0.3, -0.25) is 0 Å². The minimum absolute atomic E-state index is 0.141. The molecule has 1 spiro atoms. The van der Waals surface area contributed by atoms with Crippen molar-refractivity contribution in [2.75, 3.05) is 26.2 Å². The minimum Gasteiger partial charge on any atom is -0.487 e. The van der Waals surface area contributed by atoms with Crippen LogP contribution in [0.4, 0.5) is 0 Å². The lowest BCUT2D eigenvalue weighted by molar-refractivity contribution is -0.00214. The molecule has 8 heteroatoms. The second kappa shape index (κ2) is 8.54. The molecule has 0 saturated carbocycles. The summed E-state index contributed by atoms with van der Waals surface area (Å²) in [6.45, 7) is 2.49. The van der Waals surface area contributed by atoms with Crippen LogP contribution in [-0.4, -0.2) is 57.9 Å². The van der Waals surface area contributed by atoms with Gasteiger partial charge < -0.3 is 19.5 Å². The monoisotopic (exact) mass is 503 g/mol. The summed E-state index contributed by atoms with van der Waals surface area (Å²) in [4.78, 5) is 10.8. The third-order valence-corrected chi connectivity index (χ3v) is 6.80. The van der Waals surface area contributed by atoms with Crippen LogP contribution in [0, 0.1) is 0 Å². The van der Waals surface area contributed by atoms with Gasteiger partial charge in [-0.25, -0.2) is 9.97 Å². The summed E-state index contributed by atoms with van der Waals surface area (Å²) < 4.78 is 13.1. The fourth-order valence-corrected chi connectivity index (χ4v) is 5.03. The Kier molecular flexibility index (Phi) is 5.77. The van der Waals surface area contributed by atoms with Crippen molar-refractivity contribution < 1.29 is 14.6 Å². The van der Waals surface area contributed by atoms with E-state index in [1.165, 1.54) is 11.9 Å². The molecule has 0 radical (unpaired) electrons. The lowest BCUT2D eigenvalue weighted by atomic mass is 9.87. The number of aliphatic hydroxyl groups excluding tert-OH is 1. The van der Waals surface area contributed by atoms with Crippen molar-refractivity contribution in [2.45, 2.75) is 31.0 Å². The maximum atomic E-state index is 10.6. The first kappa shape index (κ1) is 20.9. The van der Waals surface area contributed by atoms with Gasteiger partial charge in [0.25, 0.3) is 0 Å². The van der Waals surface area contributed by atoms with E-state index >= 15 is 0 Å². The van der Waals surface area contributed by atoms with Gasteiger partial charge in [0.05, 0.1) is 10.9 Å². The first-order valence-electron chi connectivity index (χ1n) is 10.4. The van der Waals surface area contributed by atoms with Crippen LogP contribution in [0.15, 0.2) is 47.2 Å². The van der Waals surface area contributed by atoms with E-state index in [4.69, 9.17) is 21.1 Å². The Hall–Kier alpha value is -1.93. The van der Waals surface area contributed by atoms with Crippen molar-refractivity contribution >= 4 is 38.4 Å². The topological polar surface area (TPSA) is 67.7 Å². The van der Waals surface area contributed by atoms with E-state index in [0.717, 1.165) is 58.5 Å². The van der Waals surface area contributed by atoms with Gasteiger partial charge in [-0.05, 0) is 42.0 Å². The zero-order valence-corrected chi connectivity index (χ0v) is 19.3. The smallest absolute Gasteiger partial charge is 0.224 e. The fourth-order valence-electron chi connectivity index (χ4n) is 4.47. The summed E-state index contributed by atoms with van der Waals surface area (Å²) >= 11 is 9.60. The van der Waals surface area contributed by atoms with Gasteiger partial charge in [-0.15, -0.1) is 0 Å². The van der Waals surface area contributed by atoms with E-state index in [2.05, 4.69) is 30.8 Å². The van der Waals surface area contributed by atoms with Gasteiger partial charge in [0.1, 0.15) is 30.4 Å². The average molecular weight is 505 g/mol. The summed E-state index contributed by atoms with van der Waals surface area (Å²) in [7, 11) is 0. The summed E-state index contributed by atoms with van der Waals surface area (Å²) in [5, 5.41) is 12.1. The van der Waals surface area contributed by atoms with Gasteiger partial charge >= 0.3 is 0 Å². The molecule has 0 aliphatic carbocycles. The van der Waals surface area contributed by atoms with Crippen LogP contribution < -0.4 is 9.47 Å². The average Bonchev–Trinajstić information content (AvgIpc) is 3.11. The Labute approximate surface area is 194 Å². The number of β-amino-alcohol motifs (C(OH)–C–C–N with tert-alkyl or cyclic N) is 1. The molecule has 5 rings (SSSR count). The largest absolute Gasteiger partial charge is 0.487 e. The second-order valence-electron chi connectivity index (χ2n) is 8.32. The molecule has 162 valence electrons. The van der Waals surface area contributed by atoms with Crippen LogP contribution in [0.25, 0.3) is 10.9 Å². The third-order valence-electron chi connectivity index (χ3n) is 6.07. The van der Waals surface area contributed by atoms with Gasteiger partial charge in [0.2, 0.25) is 5.88 Å². The Morgan fingerprint density at radius 3 is 2.87 bits per heavy atom. The lowest BCUT2D eigenvalue weighted by Crippen LogP contribution is -2.49. The fraction of sp³-hybridized carbons (Fsp3) is 0.391. The molecule has 31 heavy (non-hydrogen) atoms. The van der Waals surface area contributed by atoms with Gasteiger partial charge in [-0.2, -0.15) is 0 Å². The first-order chi connectivity index (χ1) is 15.0. The van der Waals surface area contributed by atoms with E-state index in [1.807, 2.05) is 36.4 Å². The summed E-state index contributed by atoms with van der Waals surface area (Å²) in [5.41, 5.74) is 1.86. The molecule has 1 N–H and O–H groups in total. The zero-order chi connectivity index (χ0) is 21.4. The van der Waals surface area contributed by atoms with Crippen LogP contribution in [0.1, 0.15) is 18.4 Å². The number of hydrogen-bond donors (Lipinski definition) is 1. The molecule has 1 fully saturated rings. The maximum Gasteiger partial charge on any atom is 0.224 e. The number of ether oxygens (including phenoxy) is 2. The van der Waals surface area contributed by atoms with Crippen LogP contribution in [0.5, 0.6) is 11.6 Å². The molecule has 2 aliphatic rings. The molecule has 3 aromatic rings. The summed E-state index contributed by atoms with van der Waals surface area (Å²) in [6, 6.07) is 11.6. The molecule has 0 unspecified atom stereocenters. The Balaban J connectivity index is 1.14. The Bertz CT molecular complexity index is 1100. The number of benzene rings is 2. The van der Waals surface area contributed by atoms with Crippen molar-refractivity contribution in [3.05, 3.63) is 57.8 Å². The third kappa shape index (κ3) is 4.51. The van der Waals surface area contributed by atoms with Gasteiger partial charge in [0, 0.05) is 48.4 Å². The number of likely N-dealkylation sites (tertiary alicyclic amines) is 1. The van der Waals surface area contributed by atoms with E-state index in [0.29, 0.717) is 12.4 Å². The number of nitrogens with zero attached hydrogens (tertiary/aromatic N) is 3. The zero-order valence-electron chi connectivity index (χ0n) is 16.9. The first-order valence-corrected chi connectivity index (χ1v) is 11.6. The Morgan fingerprint density at radius 2 is 2.03 bits per heavy atom. The van der Waals surface area contributed by atoms with Crippen molar-refractivity contribution in [3.8, 4) is 11.6 Å². The highest BCUT2D eigenvalue weighted by Crippen LogP contribution is 2.41. The van der Waals surface area contributed by atoms with Crippen LogP contribution in [0.2, 0.25) is 5.02 Å².